The molecule has 1 amide bonds. The van der Waals surface area contributed by atoms with Gasteiger partial charge in [-0.05, 0) is 30.3 Å². The van der Waals surface area contributed by atoms with Gasteiger partial charge in [0.1, 0.15) is 0 Å². The van der Waals surface area contributed by atoms with Crippen LogP contribution in [0.15, 0.2) is 60.9 Å². The van der Waals surface area contributed by atoms with Crippen molar-refractivity contribution in [1.29, 1.82) is 0 Å². The molecule has 0 unspecified atom stereocenters. The van der Waals surface area contributed by atoms with Gasteiger partial charge in [0, 0.05) is 47.7 Å². The van der Waals surface area contributed by atoms with E-state index in [4.69, 9.17) is 11.6 Å². The monoisotopic (exact) mass is 326 g/mol. The molecule has 0 aliphatic carbocycles. The Morgan fingerprint density at radius 1 is 1.17 bits per heavy atom. The van der Waals surface area contributed by atoms with Gasteiger partial charge in [0.15, 0.2) is 5.82 Å². The Kier molecular flexibility index (Phi) is 4.68. The third kappa shape index (κ3) is 4.17. The van der Waals surface area contributed by atoms with E-state index in [-0.39, 0.29) is 5.91 Å². The maximum Gasteiger partial charge on any atom is 0.256 e. The number of aromatic nitrogens is 3. The van der Waals surface area contributed by atoms with Gasteiger partial charge in [-0.1, -0.05) is 23.7 Å². The molecular weight excluding hydrogens is 312 g/mol. The van der Waals surface area contributed by atoms with Crippen molar-refractivity contribution in [2.45, 2.75) is 13.0 Å². The Labute approximate surface area is 138 Å². The van der Waals surface area contributed by atoms with Gasteiger partial charge >= 0.3 is 0 Å². The number of halogens is 1. The molecule has 0 aliphatic rings. The number of pyridine rings is 1. The second-order valence-electron chi connectivity index (χ2n) is 5.00. The molecule has 3 rings (SSSR count). The predicted molar refractivity (Wildman–Crippen MR) is 89.6 cm³/mol. The van der Waals surface area contributed by atoms with Crippen molar-refractivity contribution in [3.8, 4) is 0 Å². The lowest BCUT2D eigenvalue weighted by Crippen LogP contribution is -2.13. The molecule has 0 spiro atoms. The standard InChI is InChI=1S/C17H15ClN4O/c18-14-5-3-4-13(12-14)17(23)20-16-8-11-22(21-16)10-7-15-6-1-2-9-19-15/h1-6,8-9,11-12H,7,10H2,(H,20,21,23). The lowest BCUT2D eigenvalue weighted by molar-refractivity contribution is 0.102. The highest BCUT2D eigenvalue weighted by Crippen LogP contribution is 2.12. The highest BCUT2D eigenvalue weighted by Gasteiger charge is 2.08. The minimum Gasteiger partial charge on any atom is -0.305 e. The van der Waals surface area contributed by atoms with Gasteiger partial charge in [0.25, 0.3) is 5.91 Å². The average Bonchev–Trinajstić information content (AvgIpc) is 3.01. The summed E-state index contributed by atoms with van der Waals surface area (Å²) in [7, 11) is 0. The van der Waals surface area contributed by atoms with Crippen LogP contribution in [0.3, 0.4) is 0 Å². The number of hydrogen-bond donors (Lipinski definition) is 1. The molecule has 1 N–H and O–H groups in total. The summed E-state index contributed by atoms with van der Waals surface area (Å²) in [6.45, 7) is 0.698. The van der Waals surface area contributed by atoms with E-state index in [0.717, 1.165) is 12.1 Å². The third-order valence-corrected chi connectivity index (χ3v) is 3.53. The number of anilines is 1. The highest BCUT2D eigenvalue weighted by atomic mass is 35.5. The number of carbonyl (C=O) groups excluding carboxylic acids is 1. The number of nitrogens with one attached hydrogen (secondary N) is 1. The topological polar surface area (TPSA) is 59.8 Å². The van der Waals surface area contributed by atoms with E-state index >= 15 is 0 Å². The largest absolute Gasteiger partial charge is 0.305 e. The molecule has 0 saturated heterocycles. The molecule has 6 heteroatoms. The Morgan fingerprint density at radius 3 is 2.87 bits per heavy atom. The quantitative estimate of drug-likeness (QED) is 0.781. The van der Waals surface area contributed by atoms with E-state index in [0.29, 0.717) is 22.9 Å². The summed E-state index contributed by atoms with van der Waals surface area (Å²) in [6.07, 6.45) is 4.38. The number of nitrogens with zero attached hydrogens (tertiary/aromatic N) is 3. The first-order valence-electron chi connectivity index (χ1n) is 7.21. The van der Waals surface area contributed by atoms with E-state index < -0.39 is 0 Å². The highest BCUT2D eigenvalue weighted by molar-refractivity contribution is 6.31. The molecule has 0 fully saturated rings. The minimum absolute atomic E-state index is 0.234. The molecule has 0 radical (unpaired) electrons. The molecule has 2 heterocycles. The molecule has 116 valence electrons. The number of rotatable bonds is 5. The van der Waals surface area contributed by atoms with Gasteiger partial charge < -0.3 is 5.32 Å². The fourth-order valence-corrected chi connectivity index (χ4v) is 2.34. The van der Waals surface area contributed by atoms with E-state index in [1.807, 2.05) is 24.4 Å². The first kappa shape index (κ1) is 15.2. The van der Waals surface area contributed by atoms with Crippen LogP contribution in [0.1, 0.15) is 16.1 Å². The number of amides is 1. The molecule has 0 saturated carbocycles. The van der Waals surface area contributed by atoms with Crippen LogP contribution in [-0.2, 0) is 13.0 Å². The first-order chi connectivity index (χ1) is 11.2. The van der Waals surface area contributed by atoms with Crippen LogP contribution in [0, 0.1) is 0 Å². The number of benzene rings is 1. The van der Waals surface area contributed by atoms with Crippen LogP contribution in [0.4, 0.5) is 5.82 Å². The van der Waals surface area contributed by atoms with Gasteiger partial charge in [-0.15, -0.1) is 0 Å². The maximum atomic E-state index is 12.1. The zero-order chi connectivity index (χ0) is 16.1. The normalized spacial score (nSPS) is 10.5. The summed E-state index contributed by atoms with van der Waals surface area (Å²) < 4.78 is 1.78. The summed E-state index contributed by atoms with van der Waals surface area (Å²) >= 11 is 5.89. The molecule has 3 aromatic rings. The maximum absolute atomic E-state index is 12.1. The molecule has 2 aromatic heterocycles. The first-order valence-corrected chi connectivity index (χ1v) is 7.59. The SMILES string of the molecule is O=C(Nc1ccn(CCc2ccccn2)n1)c1cccc(Cl)c1. The van der Waals surface area contributed by atoms with Gasteiger partial charge in [0.2, 0.25) is 0 Å². The van der Waals surface area contributed by atoms with E-state index in [1.54, 1.807) is 41.2 Å². The molecular formula is C17H15ClN4O. The molecule has 0 aliphatic heterocycles. The van der Waals surface area contributed by atoms with Crippen LogP contribution in [0.2, 0.25) is 5.02 Å². The fraction of sp³-hybridized carbons (Fsp3) is 0.118. The zero-order valence-corrected chi connectivity index (χ0v) is 13.1. The summed E-state index contributed by atoms with van der Waals surface area (Å²) in [4.78, 5) is 16.4. The predicted octanol–water partition coefficient (Wildman–Crippen LogP) is 3.43. The Balaban J connectivity index is 1.60. The van der Waals surface area contributed by atoms with Gasteiger partial charge in [-0.25, -0.2) is 0 Å². The number of hydrogen-bond acceptors (Lipinski definition) is 3. The van der Waals surface area contributed by atoms with Crippen molar-refractivity contribution < 1.29 is 4.79 Å². The fourth-order valence-electron chi connectivity index (χ4n) is 2.15. The Bertz CT molecular complexity index is 801. The zero-order valence-electron chi connectivity index (χ0n) is 12.3. The van der Waals surface area contributed by atoms with E-state index in [9.17, 15) is 4.79 Å². The molecule has 5 nitrogen and oxygen atoms in total. The second kappa shape index (κ2) is 7.07. The average molecular weight is 327 g/mol. The van der Waals surface area contributed by atoms with E-state index in [2.05, 4.69) is 15.4 Å². The van der Waals surface area contributed by atoms with Crippen molar-refractivity contribution >= 4 is 23.3 Å². The van der Waals surface area contributed by atoms with E-state index in [1.165, 1.54) is 0 Å². The van der Waals surface area contributed by atoms with Crippen molar-refractivity contribution in [2.24, 2.45) is 0 Å². The summed E-state index contributed by atoms with van der Waals surface area (Å²) in [5, 5.41) is 7.62. The molecule has 0 bridgehead atoms. The summed E-state index contributed by atoms with van der Waals surface area (Å²) in [6, 6.07) is 14.4. The van der Waals surface area contributed by atoms with Crippen molar-refractivity contribution in [3.05, 3.63) is 77.2 Å². The third-order valence-electron chi connectivity index (χ3n) is 3.29. The molecule has 23 heavy (non-hydrogen) atoms. The van der Waals surface area contributed by atoms with Crippen molar-refractivity contribution in [3.63, 3.8) is 0 Å². The molecule has 1 aromatic carbocycles. The molecule has 0 atom stereocenters. The Hall–Kier alpha value is -2.66. The lowest BCUT2D eigenvalue weighted by Gasteiger charge is -2.03. The minimum atomic E-state index is -0.234. The van der Waals surface area contributed by atoms with Crippen molar-refractivity contribution in [2.75, 3.05) is 5.32 Å². The number of carbonyl (C=O) groups is 1. The summed E-state index contributed by atoms with van der Waals surface area (Å²) in [5.41, 5.74) is 1.51. The van der Waals surface area contributed by atoms with Gasteiger partial charge in [-0.3, -0.25) is 14.5 Å². The van der Waals surface area contributed by atoms with Crippen LogP contribution >= 0.6 is 11.6 Å². The second-order valence-corrected chi connectivity index (χ2v) is 5.44. The lowest BCUT2D eigenvalue weighted by atomic mass is 10.2. The van der Waals surface area contributed by atoms with Crippen LogP contribution in [0.5, 0.6) is 0 Å². The number of aryl methyl sites for hydroxylation is 2. The van der Waals surface area contributed by atoms with Crippen LogP contribution in [-0.4, -0.2) is 20.7 Å². The van der Waals surface area contributed by atoms with Crippen LogP contribution in [0.25, 0.3) is 0 Å². The van der Waals surface area contributed by atoms with Gasteiger partial charge in [-0.2, -0.15) is 5.10 Å². The van der Waals surface area contributed by atoms with Gasteiger partial charge in [0.05, 0.1) is 0 Å². The Morgan fingerprint density at radius 2 is 2.09 bits per heavy atom. The smallest absolute Gasteiger partial charge is 0.256 e. The van der Waals surface area contributed by atoms with Crippen molar-refractivity contribution in [1.82, 2.24) is 14.8 Å². The summed E-state index contributed by atoms with van der Waals surface area (Å²) in [5.74, 6) is 0.276. The van der Waals surface area contributed by atoms with Crippen LogP contribution < -0.4 is 5.32 Å².